The van der Waals surface area contributed by atoms with Gasteiger partial charge in [-0.15, -0.1) is 0 Å². The number of aromatic nitrogens is 2. The minimum atomic E-state index is -3.30. The first kappa shape index (κ1) is 12.3. The van der Waals surface area contributed by atoms with Crippen molar-refractivity contribution in [2.45, 2.75) is 6.04 Å². The summed E-state index contributed by atoms with van der Waals surface area (Å²) in [4.78, 5) is 0. The third-order valence-electron chi connectivity index (χ3n) is 2.66. The summed E-state index contributed by atoms with van der Waals surface area (Å²) in [6, 6.07) is 1.92. The Hall–Kier alpha value is -1.12. The maximum Gasteiger partial charge on any atom is 0.235 e. The van der Waals surface area contributed by atoms with Crippen LogP contribution in [0.5, 0.6) is 0 Å². The van der Waals surface area contributed by atoms with Crippen LogP contribution in [0.3, 0.4) is 0 Å². The van der Waals surface area contributed by atoms with Crippen molar-refractivity contribution >= 4 is 15.8 Å². The normalized spacial score (nSPS) is 16.8. The third kappa shape index (κ3) is 2.96. The summed E-state index contributed by atoms with van der Waals surface area (Å²) in [5, 5.41) is 10.1. The van der Waals surface area contributed by atoms with Gasteiger partial charge in [0.05, 0.1) is 18.0 Å². The van der Waals surface area contributed by atoms with Gasteiger partial charge in [0.1, 0.15) is 5.82 Å². The molecule has 0 amide bonds. The fraction of sp³-hybridized carbons (Fsp3) is 0.667. The van der Waals surface area contributed by atoms with E-state index in [2.05, 4.69) is 20.5 Å². The molecule has 96 valence electrons. The van der Waals surface area contributed by atoms with Crippen LogP contribution in [0.4, 0.5) is 5.82 Å². The van der Waals surface area contributed by atoms with E-state index in [0.717, 1.165) is 13.1 Å². The molecule has 1 aliphatic rings. The molecule has 0 spiro atoms. The van der Waals surface area contributed by atoms with Crippen LogP contribution in [0.2, 0.25) is 0 Å². The van der Waals surface area contributed by atoms with E-state index in [0.29, 0.717) is 12.4 Å². The molecule has 1 saturated heterocycles. The predicted molar refractivity (Wildman–Crippen MR) is 65.5 cm³/mol. The average Bonchev–Trinajstić information content (AvgIpc) is 2.60. The molecule has 8 heteroatoms. The molecule has 0 aliphatic carbocycles. The molecule has 1 fully saturated rings. The largest absolute Gasteiger partial charge is 0.319 e. The van der Waals surface area contributed by atoms with Gasteiger partial charge < -0.3 is 10.6 Å². The van der Waals surface area contributed by atoms with E-state index >= 15 is 0 Å². The molecule has 0 unspecified atom stereocenters. The summed E-state index contributed by atoms with van der Waals surface area (Å²) in [6.07, 6.45) is 1.61. The lowest BCUT2D eigenvalue weighted by molar-refractivity contribution is 0.322. The lowest BCUT2D eigenvalue weighted by atomic mass is 10.2. The van der Waals surface area contributed by atoms with Gasteiger partial charge in [0.25, 0.3) is 0 Å². The Morgan fingerprint density at radius 3 is 2.94 bits per heavy atom. The number of hydrogen-bond donors (Lipinski definition) is 3. The van der Waals surface area contributed by atoms with E-state index in [1.807, 2.05) is 0 Å². The van der Waals surface area contributed by atoms with Gasteiger partial charge >= 0.3 is 0 Å². The summed E-state index contributed by atoms with van der Waals surface area (Å²) >= 11 is 0. The second-order valence-electron chi connectivity index (χ2n) is 4.00. The molecule has 0 radical (unpaired) electrons. The number of nitrogens with zero attached hydrogens (tertiary/aromatic N) is 2. The molecule has 1 aromatic heterocycles. The predicted octanol–water partition coefficient (Wildman–Crippen LogP) is -1.01. The highest BCUT2D eigenvalue weighted by Crippen LogP contribution is 2.18. The third-order valence-corrected chi connectivity index (χ3v) is 3.92. The lowest BCUT2D eigenvalue weighted by Crippen LogP contribution is -2.44. The van der Waals surface area contributed by atoms with Gasteiger partial charge in [0.2, 0.25) is 10.0 Å². The molecule has 7 nitrogen and oxygen atoms in total. The standard InChI is InChI=1S/C9H17N5O2S/c1-10-4-5-17(15,16)13-9-2-3-12-14(9)8-6-11-7-8/h2-3,8,10-11,13H,4-7H2,1H3. The second-order valence-corrected chi connectivity index (χ2v) is 5.84. The second kappa shape index (κ2) is 5.03. The van der Waals surface area contributed by atoms with Crippen molar-refractivity contribution in [1.82, 2.24) is 20.4 Å². The van der Waals surface area contributed by atoms with Crippen LogP contribution in [0.25, 0.3) is 0 Å². The molecule has 0 bridgehead atoms. The van der Waals surface area contributed by atoms with E-state index in [1.165, 1.54) is 0 Å². The van der Waals surface area contributed by atoms with E-state index < -0.39 is 10.0 Å². The Kier molecular flexibility index (Phi) is 3.65. The van der Waals surface area contributed by atoms with Crippen molar-refractivity contribution in [2.75, 3.05) is 37.2 Å². The molecule has 3 N–H and O–H groups in total. The number of nitrogens with one attached hydrogen (secondary N) is 3. The first-order valence-corrected chi connectivity index (χ1v) is 7.17. The van der Waals surface area contributed by atoms with Crippen LogP contribution in [-0.2, 0) is 10.0 Å². The monoisotopic (exact) mass is 259 g/mol. The highest BCUT2D eigenvalue weighted by atomic mass is 32.2. The maximum atomic E-state index is 11.7. The van der Waals surface area contributed by atoms with Gasteiger partial charge in [-0.3, -0.25) is 4.72 Å². The van der Waals surface area contributed by atoms with Crippen molar-refractivity contribution in [1.29, 1.82) is 0 Å². The summed E-state index contributed by atoms with van der Waals surface area (Å²) in [6.45, 7) is 2.08. The molecule has 1 aliphatic heterocycles. The Morgan fingerprint density at radius 1 is 1.59 bits per heavy atom. The van der Waals surface area contributed by atoms with Crippen molar-refractivity contribution in [3.8, 4) is 0 Å². The Bertz CT molecular complexity index is 465. The Labute approximate surface area is 101 Å². The van der Waals surface area contributed by atoms with Crippen molar-refractivity contribution in [2.24, 2.45) is 0 Å². The van der Waals surface area contributed by atoms with Gasteiger partial charge in [0, 0.05) is 25.7 Å². The Balaban J connectivity index is 2.05. The van der Waals surface area contributed by atoms with Gasteiger partial charge in [-0.25, -0.2) is 13.1 Å². The average molecular weight is 259 g/mol. The smallest absolute Gasteiger partial charge is 0.235 e. The number of anilines is 1. The van der Waals surface area contributed by atoms with E-state index in [1.54, 1.807) is 24.0 Å². The first-order valence-electron chi connectivity index (χ1n) is 5.52. The topological polar surface area (TPSA) is 88.1 Å². The number of rotatable bonds is 6. The zero-order valence-corrected chi connectivity index (χ0v) is 10.5. The van der Waals surface area contributed by atoms with E-state index in [9.17, 15) is 8.42 Å². The molecule has 0 aromatic carbocycles. The van der Waals surface area contributed by atoms with Gasteiger partial charge in [-0.2, -0.15) is 5.10 Å². The van der Waals surface area contributed by atoms with Crippen LogP contribution in [0, 0.1) is 0 Å². The molecular weight excluding hydrogens is 242 g/mol. The van der Waals surface area contributed by atoms with Gasteiger partial charge in [-0.05, 0) is 7.05 Å². The molecule has 2 heterocycles. The van der Waals surface area contributed by atoms with Crippen molar-refractivity contribution in [3.63, 3.8) is 0 Å². The molecule has 0 saturated carbocycles. The van der Waals surface area contributed by atoms with E-state index in [4.69, 9.17) is 0 Å². The summed E-state index contributed by atoms with van der Waals surface area (Å²) in [5.41, 5.74) is 0. The minimum Gasteiger partial charge on any atom is -0.319 e. The summed E-state index contributed by atoms with van der Waals surface area (Å²) < 4.78 is 27.7. The molecule has 2 rings (SSSR count). The van der Waals surface area contributed by atoms with Crippen molar-refractivity contribution < 1.29 is 8.42 Å². The first-order chi connectivity index (χ1) is 8.12. The summed E-state index contributed by atoms with van der Waals surface area (Å²) in [5.74, 6) is 0.588. The molecule has 0 atom stereocenters. The van der Waals surface area contributed by atoms with Crippen molar-refractivity contribution in [3.05, 3.63) is 12.3 Å². The van der Waals surface area contributed by atoms with Crippen LogP contribution in [0.1, 0.15) is 6.04 Å². The van der Waals surface area contributed by atoms with Crippen LogP contribution >= 0.6 is 0 Å². The maximum absolute atomic E-state index is 11.7. The molecule has 17 heavy (non-hydrogen) atoms. The quantitative estimate of drug-likeness (QED) is 0.609. The lowest BCUT2D eigenvalue weighted by Gasteiger charge is -2.28. The fourth-order valence-electron chi connectivity index (χ4n) is 1.58. The number of sulfonamides is 1. The summed E-state index contributed by atoms with van der Waals surface area (Å²) in [7, 11) is -1.58. The van der Waals surface area contributed by atoms with E-state index in [-0.39, 0.29) is 11.8 Å². The highest BCUT2D eigenvalue weighted by Gasteiger charge is 2.23. The zero-order valence-electron chi connectivity index (χ0n) is 9.68. The number of hydrogen-bond acceptors (Lipinski definition) is 5. The van der Waals surface area contributed by atoms with Crippen LogP contribution in [0.15, 0.2) is 12.3 Å². The van der Waals surface area contributed by atoms with Gasteiger partial charge in [0.15, 0.2) is 0 Å². The molecular formula is C9H17N5O2S. The van der Waals surface area contributed by atoms with Crippen LogP contribution in [-0.4, -0.2) is 50.6 Å². The molecule has 1 aromatic rings. The minimum absolute atomic E-state index is 0.0532. The van der Waals surface area contributed by atoms with Crippen LogP contribution < -0.4 is 15.4 Å². The van der Waals surface area contributed by atoms with Gasteiger partial charge in [-0.1, -0.05) is 0 Å². The fourth-order valence-corrected chi connectivity index (χ4v) is 2.63. The highest BCUT2D eigenvalue weighted by molar-refractivity contribution is 7.92. The zero-order chi connectivity index (χ0) is 12.3. The Morgan fingerprint density at radius 2 is 2.35 bits per heavy atom. The SMILES string of the molecule is CNCCS(=O)(=O)Nc1ccnn1C1CNC1.